The first-order chi connectivity index (χ1) is 10.1. The summed E-state index contributed by atoms with van der Waals surface area (Å²) in [6.07, 6.45) is 1.69. The van der Waals surface area contributed by atoms with Crippen LogP contribution in [0.2, 0.25) is 0 Å². The smallest absolute Gasteiger partial charge is 0.369 e. The van der Waals surface area contributed by atoms with Gasteiger partial charge in [-0.2, -0.15) is 0 Å². The summed E-state index contributed by atoms with van der Waals surface area (Å²) in [6, 6.07) is 4.09. The average Bonchev–Trinajstić information content (AvgIpc) is 3.06. The van der Waals surface area contributed by atoms with Gasteiger partial charge in [0.2, 0.25) is 10.1 Å². The van der Waals surface area contributed by atoms with Crippen molar-refractivity contribution >= 4 is 28.3 Å². The Morgan fingerprint density at radius 2 is 2.05 bits per heavy atom. The first-order valence-electron chi connectivity index (χ1n) is 6.55. The Hall–Kier alpha value is -2.28. The molecule has 0 fully saturated rings. The molecule has 0 N–H and O–H groups in total. The molecule has 3 aromatic rings. The van der Waals surface area contributed by atoms with E-state index in [9.17, 15) is 4.79 Å². The standard InChI is InChI=1S/C14H14N4O2S/c1-4-20-13(19)12-16-17-14(21-12)18-7-15-10-5-8(2)9(3)6-11(10)18/h5-7H,4H2,1-3H3. The number of aryl methyl sites for hydroxylation is 2. The van der Waals surface area contributed by atoms with E-state index >= 15 is 0 Å². The van der Waals surface area contributed by atoms with Crippen LogP contribution in [0.1, 0.15) is 27.9 Å². The molecule has 0 aliphatic heterocycles. The summed E-state index contributed by atoms with van der Waals surface area (Å²) in [5, 5.41) is 8.79. The van der Waals surface area contributed by atoms with Gasteiger partial charge in [-0.1, -0.05) is 11.3 Å². The molecule has 21 heavy (non-hydrogen) atoms. The molecule has 0 atom stereocenters. The summed E-state index contributed by atoms with van der Waals surface area (Å²) >= 11 is 1.19. The fourth-order valence-electron chi connectivity index (χ4n) is 2.00. The van der Waals surface area contributed by atoms with E-state index in [4.69, 9.17) is 4.74 Å². The molecule has 0 saturated heterocycles. The number of benzene rings is 1. The number of aromatic nitrogens is 4. The van der Waals surface area contributed by atoms with Crippen molar-refractivity contribution in [3.8, 4) is 5.13 Å². The minimum Gasteiger partial charge on any atom is -0.461 e. The lowest BCUT2D eigenvalue weighted by atomic mass is 10.1. The third-order valence-corrected chi connectivity index (χ3v) is 4.14. The largest absolute Gasteiger partial charge is 0.461 e. The lowest BCUT2D eigenvalue weighted by Gasteiger charge is -2.02. The predicted octanol–water partition coefficient (Wildman–Crippen LogP) is 2.67. The van der Waals surface area contributed by atoms with Crippen LogP contribution in [0, 0.1) is 13.8 Å². The highest BCUT2D eigenvalue weighted by Gasteiger charge is 2.16. The summed E-state index contributed by atoms with van der Waals surface area (Å²) in [7, 11) is 0. The van der Waals surface area contributed by atoms with Gasteiger partial charge in [0.1, 0.15) is 6.33 Å². The Labute approximate surface area is 125 Å². The van der Waals surface area contributed by atoms with Gasteiger partial charge in [0.15, 0.2) is 0 Å². The maximum Gasteiger partial charge on any atom is 0.369 e. The molecule has 1 aromatic carbocycles. The van der Waals surface area contributed by atoms with E-state index in [1.165, 1.54) is 22.5 Å². The topological polar surface area (TPSA) is 69.9 Å². The van der Waals surface area contributed by atoms with Crippen LogP contribution in [0.25, 0.3) is 16.2 Å². The van der Waals surface area contributed by atoms with E-state index in [1.807, 2.05) is 10.6 Å². The minimum atomic E-state index is -0.447. The molecular weight excluding hydrogens is 288 g/mol. The number of fused-ring (bicyclic) bond motifs is 1. The molecule has 0 saturated carbocycles. The van der Waals surface area contributed by atoms with Crippen molar-refractivity contribution in [1.29, 1.82) is 0 Å². The van der Waals surface area contributed by atoms with Crippen LogP contribution in [0.15, 0.2) is 18.5 Å². The maximum absolute atomic E-state index is 11.7. The minimum absolute atomic E-state index is 0.248. The molecule has 108 valence electrons. The van der Waals surface area contributed by atoms with Gasteiger partial charge < -0.3 is 4.74 Å². The number of carbonyl (C=O) groups excluding carboxylic acids is 1. The molecule has 0 spiro atoms. The first-order valence-corrected chi connectivity index (χ1v) is 7.37. The second kappa shape index (κ2) is 5.25. The normalized spacial score (nSPS) is 11.0. The molecule has 2 aromatic heterocycles. The van der Waals surface area contributed by atoms with Crippen molar-refractivity contribution in [2.24, 2.45) is 0 Å². The summed E-state index contributed by atoms with van der Waals surface area (Å²) in [6.45, 7) is 6.18. The van der Waals surface area contributed by atoms with Crippen LogP contribution in [0.4, 0.5) is 0 Å². The monoisotopic (exact) mass is 302 g/mol. The molecule has 0 aliphatic rings. The molecule has 6 nitrogen and oxygen atoms in total. The van der Waals surface area contributed by atoms with Gasteiger partial charge in [-0.15, -0.1) is 10.2 Å². The highest BCUT2D eigenvalue weighted by Crippen LogP contribution is 2.23. The second-order valence-corrected chi connectivity index (χ2v) is 5.61. The Bertz CT molecular complexity index is 822. The van der Waals surface area contributed by atoms with E-state index in [2.05, 4.69) is 35.1 Å². The molecule has 3 rings (SSSR count). The van der Waals surface area contributed by atoms with Crippen molar-refractivity contribution < 1.29 is 9.53 Å². The van der Waals surface area contributed by atoms with Crippen LogP contribution in [0.5, 0.6) is 0 Å². The lowest BCUT2D eigenvalue weighted by molar-refractivity contribution is 0.0525. The van der Waals surface area contributed by atoms with E-state index < -0.39 is 5.97 Å². The van der Waals surface area contributed by atoms with Gasteiger partial charge in [0.25, 0.3) is 0 Å². The summed E-state index contributed by atoms with van der Waals surface area (Å²) < 4.78 is 6.76. The lowest BCUT2D eigenvalue weighted by Crippen LogP contribution is -2.03. The van der Waals surface area contributed by atoms with Crippen molar-refractivity contribution in [2.45, 2.75) is 20.8 Å². The summed E-state index contributed by atoms with van der Waals surface area (Å²) in [5.41, 5.74) is 4.22. The number of imidazole rings is 1. The van der Waals surface area contributed by atoms with Gasteiger partial charge in [-0.05, 0) is 44.0 Å². The van der Waals surface area contributed by atoms with Crippen LogP contribution in [-0.2, 0) is 4.74 Å². The maximum atomic E-state index is 11.7. The molecule has 0 aliphatic carbocycles. The second-order valence-electron chi connectivity index (χ2n) is 4.65. The molecule has 2 heterocycles. The fourth-order valence-corrected chi connectivity index (χ4v) is 2.73. The summed E-state index contributed by atoms with van der Waals surface area (Å²) in [5.74, 6) is -0.447. The highest BCUT2D eigenvalue weighted by molar-refractivity contribution is 7.15. The van der Waals surface area contributed by atoms with Crippen LogP contribution < -0.4 is 0 Å². The molecule has 0 unspecified atom stereocenters. The van der Waals surface area contributed by atoms with Crippen molar-refractivity contribution in [1.82, 2.24) is 19.7 Å². The Morgan fingerprint density at radius 3 is 2.81 bits per heavy atom. The predicted molar refractivity (Wildman–Crippen MR) is 80.0 cm³/mol. The number of nitrogens with zero attached hydrogens (tertiary/aromatic N) is 4. The molecule has 0 amide bonds. The molecule has 0 radical (unpaired) electrons. The van der Waals surface area contributed by atoms with Gasteiger partial charge in [-0.3, -0.25) is 4.57 Å². The molecule has 0 bridgehead atoms. The average molecular weight is 302 g/mol. The number of ether oxygens (including phenoxy) is 1. The first kappa shape index (κ1) is 13.7. The zero-order valence-electron chi connectivity index (χ0n) is 12.0. The van der Waals surface area contributed by atoms with Crippen molar-refractivity contribution in [2.75, 3.05) is 6.61 Å². The molecule has 7 heteroatoms. The van der Waals surface area contributed by atoms with Crippen molar-refractivity contribution in [3.63, 3.8) is 0 Å². The van der Waals surface area contributed by atoms with Crippen LogP contribution >= 0.6 is 11.3 Å². The third kappa shape index (κ3) is 2.40. The Balaban J connectivity index is 2.05. The highest BCUT2D eigenvalue weighted by atomic mass is 32.1. The third-order valence-electron chi connectivity index (χ3n) is 3.23. The fraction of sp³-hybridized carbons (Fsp3) is 0.286. The van der Waals surface area contributed by atoms with Gasteiger partial charge in [0, 0.05) is 0 Å². The number of carbonyl (C=O) groups is 1. The van der Waals surface area contributed by atoms with E-state index in [1.54, 1.807) is 13.3 Å². The van der Waals surface area contributed by atoms with Crippen LogP contribution in [-0.4, -0.2) is 32.3 Å². The zero-order valence-corrected chi connectivity index (χ0v) is 12.8. The Kier molecular flexibility index (Phi) is 3.42. The number of esters is 1. The quantitative estimate of drug-likeness (QED) is 0.696. The number of hydrogen-bond acceptors (Lipinski definition) is 6. The van der Waals surface area contributed by atoms with E-state index in [0.717, 1.165) is 11.0 Å². The molecular formula is C14H14N4O2S. The Morgan fingerprint density at radius 1 is 1.29 bits per heavy atom. The van der Waals surface area contributed by atoms with E-state index in [0.29, 0.717) is 11.7 Å². The summed E-state index contributed by atoms with van der Waals surface area (Å²) in [4.78, 5) is 16.0. The van der Waals surface area contributed by atoms with Gasteiger partial charge >= 0.3 is 5.97 Å². The van der Waals surface area contributed by atoms with Gasteiger partial charge in [0.05, 0.1) is 17.6 Å². The zero-order chi connectivity index (χ0) is 15.0. The van der Waals surface area contributed by atoms with Crippen LogP contribution in [0.3, 0.4) is 0 Å². The number of rotatable bonds is 3. The SMILES string of the molecule is CCOC(=O)c1nnc(-n2cnc3cc(C)c(C)cc32)s1. The number of hydrogen-bond donors (Lipinski definition) is 0. The van der Waals surface area contributed by atoms with Gasteiger partial charge in [-0.25, -0.2) is 9.78 Å². The van der Waals surface area contributed by atoms with E-state index in [-0.39, 0.29) is 5.01 Å². The van der Waals surface area contributed by atoms with Crippen molar-refractivity contribution in [3.05, 3.63) is 34.6 Å².